The largest absolute Gasteiger partial charge is 0.323 e. The van der Waals surface area contributed by atoms with Gasteiger partial charge in [-0.3, -0.25) is 19.4 Å². The predicted molar refractivity (Wildman–Crippen MR) is 103 cm³/mol. The molecule has 0 aromatic heterocycles. The molecule has 4 rings (SSSR count). The molecule has 2 heterocycles. The Morgan fingerprint density at radius 1 is 1.07 bits per heavy atom. The van der Waals surface area contributed by atoms with E-state index in [9.17, 15) is 14.4 Å². The van der Waals surface area contributed by atoms with E-state index in [2.05, 4.69) is 15.7 Å². The van der Waals surface area contributed by atoms with E-state index in [0.29, 0.717) is 21.4 Å². The molecule has 2 aliphatic rings. The van der Waals surface area contributed by atoms with E-state index in [1.54, 1.807) is 42.5 Å². The minimum Gasteiger partial charge on any atom is -0.323 e. The number of hydrogen-bond donors (Lipinski definition) is 1. The number of halogens is 2. The highest BCUT2D eigenvalue weighted by molar-refractivity contribution is 6.33. The van der Waals surface area contributed by atoms with Crippen LogP contribution in [-0.4, -0.2) is 41.4 Å². The van der Waals surface area contributed by atoms with E-state index in [4.69, 9.17) is 23.2 Å². The van der Waals surface area contributed by atoms with Crippen molar-refractivity contribution in [2.75, 3.05) is 16.8 Å². The summed E-state index contributed by atoms with van der Waals surface area (Å²) >= 11 is 12.0. The number of amides is 3. The molecule has 0 saturated carbocycles. The van der Waals surface area contributed by atoms with Crippen molar-refractivity contribution in [3.63, 3.8) is 0 Å². The van der Waals surface area contributed by atoms with Crippen molar-refractivity contribution < 1.29 is 14.4 Å². The first-order valence-corrected chi connectivity index (χ1v) is 9.06. The number of para-hydroxylation sites is 1. The van der Waals surface area contributed by atoms with Crippen LogP contribution in [0.4, 0.5) is 11.4 Å². The highest BCUT2D eigenvalue weighted by atomic mass is 35.5. The maximum absolute atomic E-state index is 12.9. The maximum atomic E-state index is 12.9. The maximum Gasteiger partial charge on any atom is 0.263 e. The van der Waals surface area contributed by atoms with Gasteiger partial charge in [-0.05, 0) is 30.3 Å². The zero-order chi connectivity index (χ0) is 19.8. The number of fused-ring (bicyclic) bond motifs is 1. The van der Waals surface area contributed by atoms with Crippen LogP contribution in [0.25, 0.3) is 0 Å². The molecular formula is C18H13Cl2N5O3. The van der Waals surface area contributed by atoms with E-state index in [1.807, 2.05) is 0 Å². The number of carbonyl (C=O) groups is 3. The van der Waals surface area contributed by atoms with Gasteiger partial charge in [0, 0.05) is 5.02 Å². The Morgan fingerprint density at radius 2 is 1.86 bits per heavy atom. The second kappa shape index (κ2) is 7.21. The standard InChI is InChI=1S/C18H13Cl2N5O3/c19-10-4-3-5-11(8-10)25-17(27)15-16(18(25)28)24(23-22-15)9-14(26)21-13-7-2-1-6-12(13)20/h1-8,15-16H,9H2,(H,21,26)/t15-,16-/m0/s1. The summed E-state index contributed by atoms with van der Waals surface area (Å²) in [5, 5.41) is 12.4. The number of imide groups is 1. The van der Waals surface area contributed by atoms with Crippen molar-refractivity contribution in [1.29, 1.82) is 0 Å². The molecule has 2 aliphatic heterocycles. The SMILES string of the molecule is O=C(CN1N=N[C@@H]2C(=O)N(c3cccc(Cl)c3)C(=O)[C@H]21)Nc1ccccc1Cl. The molecule has 3 amide bonds. The van der Waals surface area contributed by atoms with Gasteiger partial charge in [0.1, 0.15) is 6.54 Å². The van der Waals surface area contributed by atoms with Gasteiger partial charge in [-0.15, -0.1) is 0 Å². The van der Waals surface area contributed by atoms with E-state index >= 15 is 0 Å². The molecule has 1 saturated heterocycles. The van der Waals surface area contributed by atoms with E-state index in [1.165, 1.54) is 11.1 Å². The van der Waals surface area contributed by atoms with E-state index in [-0.39, 0.29) is 6.54 Å². The lowest BCUT2D eigenvalue weighted by Gasteiger charge is -2.20. The first kappa shape index (κ1) is 18.4. The highest BCUT2D eigenvalue weighted by Crippen LogP contribution is 2.32. The molecule has 2 aromatic carbocycles. The Bertz CT molecular complexity index is 1010. The molecule has 28 heavy (non-hydrogen) atoms. The van der Waals surface area contributed by atoms with E-state index < -0.39 is 29.8 Å². The van der Waals surface area contributed by atoms with Crippen LogP contribution in [0.3, 0.4) is 0 Å². The Hall–Kier alpha value is -2.97. The fourth-order valence-corrected chi connectivity index (χ4v) is 3.49. The van der Waals surface area contributed by atoms with Crippen LogP contribution in [0.2, 0.25) is 10.0 Å². The van der Waals surface area contributed by atoms with Gasteiger partial charge in [-0.2, -0.15) is 5.11 Å². The van der Waals surface area contributed by atoms with Crippen LogP contribution in [0.5, 0.6) is 0 Å². The number of anilines is 2. The van der Waals surface area contributed by atoms with Crippen molar-refractivity contribution in [2.24, 2.45) is 10.3 Å². The molecule has 10 heteroatoms. The number of rotatable bonds is 4. The summed E-state index contributed by atoms with van der Waals surface area (Å²) in [7, 11) is 0. The third kappa shape index (κ3) is 3.21. The van der Waals surface area contributed by atoms with Gasteiger partial charge in [-0.1, -0.05) is 46.6 Å². The minimum atomic E-state index is -0.986. The van der Waals surface area contributed by atoms with Crippen molar-refractivity contribution >= 4 is 52.3 Å². The number of hydrogen-bond acceptors (Lipinski definition) is 6. The lowest BCUT2D eigenvalue weighted by atomic mass is 10.1. The Labute approximate surface area is 169 Å². The quantitative estimate of drug-likeness (QED) is 0.773. The number of nitrogens with one attached hydrogen (secondary N) is 1. The van der Waals surface area contributed by atoms with Gasteiger partial charge in [-0.25, -0.2) is 4.90 Å². The predicted octanol–water partition coefficient (Wildman–Crippen LogP) is 2.93. The van der Waals surface area contributed by atoms with Crippen LogP contribution < -0.4 is 10.2 Å². The summed E-state index contributed by atoms with van der Waals surface area (Å²) in [6.07, 6.45) is 0. The van der Waals surface area contributed by atoms with Gasteiger partial charge in [0.05, 0.1) is 16.4 Å². The average Bonchev–Trinajstić information content (AvgIpc) is 3.17. The second-order valence-electron chi connectivity index (χ2n) is 6.21. The molecule has 1 fully saturated rings. The molecule has 0 unspecified atom stereocenters. The molecule has 2 atom stereocenters. The smallest absolute Gasteiger partial charge is 0.263 e. The second-order valence-corrected chi connectivity index (χ2v) is 7.06. The van der Waals surface area contributed by atoms with Gasteiger partial charge in [0.15, 0.2) is 12.1 Å². The number of benzene rings is 2. The number of nitrogens with zero attached hydrogens (tertiary/aromatic N) is 4. The number of carbonyl (C=O) groups excluding carboxylic acids is 3. The van der Waals surface area contributed by atoms with Crippen molar-refractivity contribution in [1.82, 2.24) is 5.01 Å². The fraction of sp³-hybridized carbons (Fsp3) is 0.167. The Kier molecular flexibility index (Phi) is 4.74. The zero-order valence-corrected chi connectivity index (χ0v) is 15.8. The lowest BCUT2D eigenvalue weighted by Crippen LogP contribution is -2.43. The molecule has 8 nitrogen and oxygen atoms in total. The summed E-state index contributed by atoms with van der Waals surface area (Å²) in [5.74, 6) is -1.45. The van der Waals surface area contributed by atoms with Gasteiger partial charge >= 0.3 is 0 Å². The van der Waals surface area contributed by atoms with Gasteiger partial charge in [0.25, 0.3) is 11.8 Å². The van der Waals surface area contributed by atoms with Crippen LogP contribution in [0, 0.1) is 0 Å². The average molecular weight is 418 g/mol. The molecular weight excluding hydrogens is 405 g/mol. The zero-order valence-electron chi connectivity index (χ0n) is 14.3. The summed E-state index contributed by atoms with van der Waals surface area (Å²) in [4.78, 5) is 38.9. The summed E-state index contributed by atoms with van der Waals surface area (Å²) in [6, 6.07) is 11.2. The summed E-state index contributed by atoms with van der Waals surface area (Å²) in [5.41, 5.74) is 0.795. The van der Waals surface area contributed by atoms with E-state index in [0.717, 1.165) is 4.90 Å². The monoisotopic (exact) mass is 417 g/mol. The van der Waals surface area contributed by atoms with Gasteiger partial charge in [0.2, 0.25) is 5.91 Å². The summed E-state index contributed by atoms with van der Waals surface area (Å²) < 4.78 is 0. The van der Waals surface area contributed by atoms with Crippen molar-refractivity contribution in [3.05, 3.63) is 58.6 Å². The van der Waals surface area contributed by atoms with Crippen LogP contribution in [-0.2, 0) is 14.4 Å². The molecule has 0 bridgehead atoms. The first-order chi connectivity index (χ1) is 13.5. The van der Waals surface area contributed by atoms with Crippen LogP contribution in [0.1, 0.15) is 0 Å². The third-order valence-corrected chi connectivity index (χ3v) is 4.94. The Morgan fingerprint density at radius 3 is 2.61 bits per heavy atom. The molecule has 142 valence electrons. The normalized spacial score (nSPS) is 20.6. The molecule has 2 aromatic rings. The topological polar surface area (TPSA) is 94.4 Å². The van der Waals surface area contributed by atoms with Crippen molar-refractivity contribution in [3.8, 4) is 0 Å². The molecule has 0 spiro atoms. The first-order valence-electron chi connectivity index (χ1n) is 8.31. The molecule has 1 N–H and O–H groups in total. The summed E-state index contributed by atoms with van der Waals surface area (Å²) in [6.45, 7) is -0.252. The lowest BCUT2D eigenvalue weighted by molar-refractivity contribution is -0.123. The molecule has 0 aliphatic carbocycles. The highest BCUT2D eigenvalue weighted by Gasteiger charge is 2.55. The Balaban J connectivity index is 1.50. The van der Waals surface area contributed by atoms with Crippen LogP contribution in [0.15, 0.2) is 58.9 Å². The molecule has 0 radical (unpaired) electrons. The van der Waals surface area contributed by atoms with Crippen molar-refractivity contribution in [2.45, 2.75) is 12.1 Å². The van der Waals surface area contributed by atoms with Crippen LogP contribution >= 0.6 is 23.2 Å². The minimum absolute atomic E-state index is 0.252. The fourth-order valence-electron chi connectivity index (χ4n) is 3.12. The van der Waals surface area contributed by atoms with Gasteiger partial charge < -0.3 is 5.32 Å². The third-order valence-electron chi connectivity index (χ3n) is 4.38.